The normalized spacial score (nSPS) is 21.0. The van der Waals surface area contributed by atoms with Gasteiger partial charge < -0.3 is 14.5 Å². The van der Waals surface area contributed by atoms with Crippen molar-refractivity contribution in [2.45, 2.75) is 12.5 Å². The summed E-state index contributed by atoms with van der Waals surface area (Å²) in [6.07, 6.45) is 3.69. The third kappa shape index (κ3) is 3.23. The zero-order valence-corrected chi connectivity index (χ0v) is 15.2. The van der Waals surface area contributed by atoms with E-state index in [9.17, 15) is 9.59 Å². The molecule has 2 saturated heterocycles. The van der Waals surface area contributed by atoms with Gasteiger partial charge >= 0.3 is 0 Å². The van der Waals surface area contributed by atoms with Crippen molar-refractivity contribution in [3.8, 4) is 5.75 Å². The summed E-state index contributed by atoms with van der Waals surface area (Å²) in [5, 5.41) is 0. The summed E-state index contributed by atoms with van der Waals surface area (Å²) in [4.78, 5) is 38.7. The summed E-state index contributed by atoms with van der Waals surface area (Å²) in [5.74, 6) is 0.918. The predicted octanol–water partition coefficient (Wildman–Crippen LogP) is -0.478. The molecule has 8 heteroatoms. The summed E-state index contributed by atoms with van der Waals surface area (Å²) in [7, 11) is 1.54. The zero-order chi connectivity index (χ0) is 18.8. The van der Waals surface area contributed by atoms with E-state index in [1.165, 1.54) is 12.0 Å². The molecular weight excluding hydrogens is 346 g/mol. The quantitative estimate of drug-likeness (QED) is 0.735. The summed E-state index contributed by atoms with van der Waals surface area (Å²) >= 11 is 0. The SMILES string of the molecule is COc1ccccc1N1C(=O)C[C@H]([NH+]2CCN(c3ncccn3)CC2)C1=O. The fraction of sp³-hybridized carbons (Fsp3) is 0.368. The van der Waals surface area contributed by atoms with Gasteiger partial charge in [-0.3, -0.25) is 9.59 Å². The highest BCUT2D eigenvalue weighted by Crippen LogP contribution is 2.31. The van der Waals surface area contributed by atoms with E-state index in [0.29, 0.717) is 17.4 Å². The lowest BCUT2D eigenvalue weighted by Crippen LogP contribution is -3.19. The van der Waals surface area contributed by atoms with Crippen LogP contribution in [0.25, 0.3) is 0 Å². The number of nitrogens with zero attached hydrogens (tertiary/aromatic N) is 4. The lowest BCUT2D eigenvalue weighted by Gasteiger charge is -2.34. The number of quaternary nitrogens is 1. The minimum absolute atomic E-state index is 0.149. The molecule has 8 nitrogen and oxygen atoms in total. The second-order valence-electron chi connectivity index (χ2n) is 6.69. The van der Waals surface area contributed by atoms with E-state index in [1.54, 1.807) is 36.7 Å². The summed E-state index contributed by atoms with van der Waals surface area (Å²) in [5.41, 5.74) is 0.522. The Morgan fingerprint density at radius 3 is 2.48 bits per heavy atom. The van der Waals surface area contributed by atoms with Gasteiger partial charge in [-0.05, 0) is 18.2 Å². The van der Waals surface area contributed by atoms with Crippen LogP contribution in [0.5, 0.6) is 5.75 Å². The first kappa shape index (κ1) is 17.4. The maximum atomic E-state index is 13.0. The molecule has 0 bridgehead atoms. The van der Waals surface area contributed by atoms with Crippen molar-refractivity contribution in [1.82, 2.24) is 9.97 Å². The number of amides is 2. The smallest absolute Gasteiger partial charge is 0.292 e. The average molecular weight is 368 g/mol. The highest BCUT2D eigenvalue weighted by Gasteiger charge is 2.47. The van der Waals surface area contributed by atoms with Crippen LogP contribution in [0.3, 0.4) is 0 Å². The molecular formula is C19H22N5O3+. The van der Waals surface area contributed by atoms with Crippen LogP contribution in [0.2, 0.25) is 0 Å². The van der Waals surface area contributed by atoms with Crippen LogP contribution in [0.15, 0.2) is 42.7 Å². The number of carbonyl (C=O) groups excluding carboxylic acids is 2. The molecule has 1 aromatic carbocycles. The standard InChI is InChI=1S/C19H21N5O3/c1-27-16-6-3-2-5-14(16)24-17(25)13-15(18(24)26)22-9-11-23(12-10-22)19-20-7-4-8-21-19/h2-8,15H,9-13H2,1H3/p+1/t15-/m0/s1. The molecule has 3 heterocycles. The Hall–Kier alpha value is -3.00. The molecule has 2 aliphatic heterocycles. The number of ether oxygens (including phenoxy) is 1. The van der Waals surface area contributed by atoms with Crippen molar-refractivity contribution in [2.24, 2.45) is 0 Å². The fourth-order valence-corrected chi connectivity index (χ4v) is 3.82. The van der Waals surface area contributed by atoms with Gasteiger partial charge in [0.25, 0.3) is 5.91 Å². The van der Waals surface area contributed by atoms with E-state index in [1.807, 2.05) is 6.07 Å². The number of benzene rings is 1. The molecule has 1 N–H and O–H groups in total. The number of anilines is 2. The number of hydrogen-bond acceptors (Lipinski definition) is 6. The molecule has 1 aromatic heterocycles. The summed E-state index contributed by atoms with van der Waals surface area (Å²) < 4.78 is 5.32. The second-order valence-corrected chi connectivity index (χ2v) is 6.69. The number of nitrogens with one attached hydrogen (secondary N) is 1. The molecule has 140 valence electrons. The van der Waals surface area contributed by atoms with Crippen molar-refractivity contribution in [3.63, 3.8) is 0 Å². The van der Waals surface area contributed by atoms with Crippen molar-refractivity contribution >= 4 is 23.5 Å². The van der Waals surface area contributed by atoms with Crippen molar-refractivity contribution < 1.29 is 19.2 Å². The van der Waals surface area contributed by atoms with Gasteiger partial charge in [-0.25, -0.2) is 14.9 Å². The van der Waals surface area contributed by atoms with Gasteiger partial charge in [0.15, 0.2) is 6.04 Å². The Morgan fingerprint density at radius 2 is 1.78 bits per heavy atom. The van der Waals surface area contributed by atoms with Crippen molar-refractivity contribution in [2.75, 3.05) is 43.1 Å². The molecule has 2 aliphatic rings. The van der Waals surface area contributed by atoms with E-state index in [-0.39, 0.29) is 24.3 Å². The number of imide groups is 1. The lowest BCUT2D eigenvalue weighted by molar-refractivity contribution is -0.915. The molecule has 0 unspecified atom stereocenters. The Bertz CT molecular complexity index is 836. The van der Waals surface area contributed by atoms with Gasteiger partial charge in [-0.15, -0.1) is 0 Å². The molecule has 0 spiro atoms. The van der Waals surface area contributed by atoms with Crippen LogP contribution < -0.4 is 19.4 Å². The van der Waals surface area contributed by atoms with E-state index in [2.05, 4.69) is 14.9 Å². The monoisotopic (exact) mass is 368 g/mol. The number of aromatic nitrogens is 2. The highest BCUT2D eigenvalue weighted by atomic mass is 16.5. The van der Waals surface area contributed by atoms with Crippen LogP contribution >= 0.6 is 0 Å². The van der Waals surface area contributed by atoms with Crippen molar-refractivity contribution in [3.05, 3.63) is 42.7 Å². The predicted molar refractivity (Wildman–Crippen MR) is 98.8 cm³/mol. The Labute approximate surface area is 157 Å². The summed E-state index contributed by atoms with van der Waals surface area (Å²) in [6, 6.07) is 8.57. The molecule has 0 aliphatic carbocycles. The number of para-hydroxylation sites is 2. The minimum Gasteiger partial charge on any atom is -0.495 e. The topological polar surface area (TPSA) is 80.1 Å². The Balaban J connectivity index is 1.47. The van der Waals surface area contributed by atoms with Gasteiger partial charge in [0, 0.05) is 12.4 Å². The van der Waals surface area contributed by atoms with Gasteiger partial charge in [-0.2, -0.15) is 0 Å². The third-order valence-electron chi connectivity index (χ3n) is 5.21. The maximum Gasteiger partial charge on any atom is 0.292 e. The largest absolute Gasteiger partial charge is 0.495 e. The highest BCUT2D eigenvalue weighted by molar-refractivity contribution is 6.22. The Morgan fingerprint density at radius 1 is 1.07 bits per heavy atom. The molecule has 4 rings (SSSR count). The van der Waals surface area contributed by atoms with Crippen LogP contribution in [0.1, 0.15) is 6.42 Å². The first-order chi connectivity index (χ1) is 13.2. The third-order valence-corrected chi connectivity index (χ3v) is 5.21. The van der Waals surface area contributed by atoms with Crippen LogP contribution in [0.4, 0.5) is 11.6 Å². The van der Waals surface area contributed by atoms with E-state index in [0.717, 1.165) is 31.1 Å². The fourth-order valence-electron chi connectivity index (χ4n) is 3.82. The van der Waals surface area contributed by atoms with Gasteiger partial charge in [-0.1, -0.05) is 12.1 Å². The second kappa shape index (κ2) is 7.32. The van der Waals surface area contributed by atoms with Crippen molar-refractivity contribution in [1.29, 1.82) is 0 Å². The van der Waals surface area contributed by atoms with Crippen LogP contribution in [-0.4, -0.2) is 61.1 Å². The molecule has 0 saturated carbocycles. The summed E-state index contributed by atoms with van der Waals surface area (Å²) in [6.45, 7) is 3.04. The van der Waals surface area contributed by atoms with Gasteiger partial charge in [0.2, 0.25) is 11.9 Å². The van der Waals surface area contributed by atoms with E-state index in [4.69, 9.17) is 4.74 Å². The minimum atomic E-state index is -0.346. The zero-order valence-electron chi connectivity index (χ0n) is 15.2. The van der Waals surface area contributed by atoms with E-state index >= 15 is 0 Å². The molecule has 2 amide bonds. The van der Waals surface area contributed by atoms with Crippen LogP contribution in [-0.2, 0) is 9.59 Å². The first-order valence-corrected chi connectivity index (χ1v) is 9.05. The first-order valence-electron chi connectivity index (χ1n) is 9.05. The number of methoxy groups -OCH3 is 1. The number of hydrogen-bond donors (Lipinski definition) is 1. The van der Waals surface area contributed by atoms with Gasteiger partial charge in [0.05, 0.1) is 45.4 Å². The molecule has 27 heavy (non-hydrogen) atoms. The molecule has 1 atom stereocenters. The molecule has 0 radical (unpaired) electrons. The maximum absolute atomic E-state index is 13.0. The van der Waals surface area contributed by atoms with Gasteiger partial charge in [0.1, 0.15) is 5.75 Å². The number of piperazine rings is 1. The van der Waals surface area contributed by atoms with E-state index < -0.39 is 0 Å². The molecule has 2 aromatic rings. The Kier molecular flexibility index (Phi) is 4.72. The van der Waals surface area contributed by atoms with Crippen LogP contribution in [0, 0.1) is 0 Å². The number of rotatable bonds is 4. The molecule has 2 fully saturated rings. The lowest BCUT2D eigenvalue weighted by atomic mass is 10.2. The number of carbonyl (C=O) groups is 2. The average Bonchev–Trinajstić information content (AvgIpc) is 3.02.